The number of nitrogens with zero attached hydrogens (tertiary/aromatic N) is 3. The van der Waals surface area contributed by atoms with Crippen molar-refractivity contribution in [3.63, 3.8) is 0 Å². The first-order valence-corrected chi connectivity index (χ1v) is 11.0. The lowest BCUT2D eigenvalue weighted by molar-refractivity contribution is 1.38. The summed E-state index contributed by atoms with van der Waals surface area (Å²) < 4.78 is 4.97. The molecule has 2 aromatic carbocycles. The van der Waals surface area contributed by atoms with E-state index < -0.39 is 5.56 Å². The fourth-order valence-corrected chi connectivity index (χ4v) is 4.12. The molecule has 2 heterocycles. The third kappa shape index (κ3) is 5.88. The lowest BCUT2D eigenvalue weighted by Crippen LogP contribution is -2.02. The third-order valence-corrected chi connectivity index (χ3v) is 5.74. The van der Waals surface area contributed by atoms with Gasteiger partial charge in [-0.2, -0.15) is 10.5 Å². The Bertz CT molecular complexity index is 1520. The summed E-state index contributed by atoms with van der Waals surface area (Å²) >= 11 is 8.01. The van der Waals surface area contributed by atoms with Crippen molar-refractivity contribution in [2.45, 2.75) is 0 Å². The highest BCUT2D eigenvalue weighted by atomic mass is 35.5. The minimum atomic E-state index is -0.433. The van der Waals surface area contributed by atoms with Gasteiger partial charge >= 0.3 is 0 Å². The van der Waals surface area contributed by atoms with Gasteiger partial charge < -0.3 is 10.6 Å². The number of nitrogens with one attached hydrogen (secondary N) is 4. The summed E-state index contributed by atoms with van der Waals surface area (Å²) in [5, 5.41) is 24.9. The molecule has 0 unspecified atom stereocenters. The minimum Gasteiger partial charge on any atom is -0.346 e. The molecular formula is C21H12ClN7O2S2. The Kier molecular flexibility index (Phi) is 7.64. The van der Waals surface area contributed by atoms with E-state index in [-0.39, 0.29) is 16.7 Å². The highest BCUT2D eigenvalue weighted by molar-refractivity contribution is 7.10. The van der Waals surface area contributed by atoms with Crippen molar-refractivity contribution in [3.05, 3.63) is 96.8 Å². The first-order chi connectivity index (χ1) is 15.9. The van der Waals surface area contributed by atoms with Gasteiger partial charge in [0.1, 0.15) is 22.1 Å². The van der Waals surface area contributed by atoms with Crippen molar-refractivity contribution < 1.29 is 0 Å². The van der Waals surface area contributed by atoms with E-state index in [2.05, 4.69) is 24.2 Å². The van der Waals surface area contributed by atoms with E-state index in [1.807, 2.05) is 42.5 Å². The van der Waals surface area contributed by atoms with Crippen LogP contribution in [-0.4, -0.2) is 8.75 Å². The lowest BCUT2D eigenvalue weighted by atomic mass is 10.2. The quantitative estimate of drug-likeness (QED) is 0.284. The second-order valence-corrected chi connectivity index (χ2v) is 8.19. The van der Waals surface area contributed by atoms with Crippen molar-refractivity contribution in [1.82, 2.24) is 8.75 Å². The number of hydrogen-bond acceptors (Lipinski definition) is 8. The standard InChI is InChI=1S/C11H5ClN4OS.C10H7N3OS/c1-14-7-2-6(12)3-8(4-7)15-11-9(5-13)10(17)16-18-11;11-6-8-9(14)13-15-10(8)12-7-4-2-1-3-5-7/h2-4,15H,(H,16,17);1-5,12H,(H,13,14). The summed E-state index contributed by atoms with van der Waals surface area (Å²) in [5.41, 5.74) is 1.16. The second kappa shape index (κ2) is 10.8. The van der Waals surface area contributed by atoms with Gasteiger partial charge in [0.05, 0.1) is 6.57 Å². The maximum atomic E-state index is 11.3. The molecule has 0 bridgehead atoms. The smallest absolute Gasteiger partial charge is 0.278 e. The number of benzene rings is 2. The van der Waals surface area contributed by atoms with Gasteiger partial charge in [-0.1, -0.05) is 29.8 Å². The van der Waals surface area contributed by atoms with E-state index in [1.54, 1.807) is 12.1 Å². The molecule has 0 aliphatic heterocycles. The van der Waals surface area contributed by atoms with Crippen LogP contribution in [-0.2, 0) is 0 Å². The molecule has 0 aliphatic rings. The van der Waals surface area contributed by atoms with Crippen LogP contribution in [0, 0.1) is 29.2 Å². The van der Waals surface area contributed by atoms with Crippen molar-refractivity contribution in [2.75, 3.05) is 10.6 Å². The van der Waals surface area contributed by atoms with Crippen LogP contribution >= 0.6 is 34.7 Å². The van der Waals surface area contributed by atoms with E-state index in [4.69, 9.17) is 28.7 Å². The Balaban J connectivity index is 0.000000189. The highest BCUT2D eigenvalue weighted by Gasteiger charge is 2.11. The average molecular weight is 494 g/mol. The molecule has 0 saturated carbocycles. The molecule has 12 heteroatoms. The summed E-state index contributed by atoms with van der Waals surface area (Å²) in [5.74, 6) is 0. The fourth-order valence-electron chi connectivity index (χ4n) is 2.48. The van der Waals surface area contributed by atoms with Gasteiger partial charge in [0.15, 0.2) is 16.8 Å². The number of rotatable bonds is 4. The summed E-state index contributed by atoms with van der Waals surface area (Å²) in [6.45, 7) is 6.93. The molecule has 9 nitrogen and oxygen atoms in total. The molecule has 0 spiro atoms. The van der Waals surface area contributed by atoms with Gasteiger partial charge in [0.2, 0.25) is 0 Å². The van der Waals surface area contributed by atoms with Crippen LogP contribution in [0.5, 0.6) is 0 Å². The zero-order chi connectivity index (χ0) is 23.8. The second-order valence-electron chi connectivity index (χ2n) is 6.12. The monoisotopic (exact) mass is 493 g/mol. The van der Waals surface area contributed by atoms with Crippen molar-refractivity contribution in [1.29, 1.82) is 10.5 Å². The van der Waals surface area contributed by atoms with Gasteiger partial charge in [0, 0.05) is 16.4 Å². The number of H-pyrrole nitrogens is 2. The molecule has 0 amide bonds. The maximum absolute atomic E-state index is 11.3. The highest BCUT2D eigenvalue weighted by Crippen LogP contribution is 2.28. The molecule has 0 atom stereocenters. The summed E-state index contributed by atoms with van der Waals surface area (Å²) in [6.07, 6.45) is 0. The third-order valence-electron chi connectivity index (χ3n) is 3.92. The zero-order valence-corrected chi connectivity index (χ0v) is 18.9. The van der Waals surface area contributed by atoms with E-state index in [1.165, 1.54) is 6.07 Å². The Morgan fingerprint density at radius 2 is 1.42 bits per heavy atom. The van der Waals surface area contributed by atoms with Crippen LogP contribution < -0.4 is 21.8 Å². The number of hydrogen-bond donors (Lipinski definition) is 4. The van der Waals surface area contributed by atoms with Gasteiger partial charge in [0.25, 0.3) is 11.1 Å². The molecule has 0 fully saturated rings. The molecule has 4 aromatic rings. The largest absolute Gasteiger partial charge is 0.346 e. The predicted octanol–water partition coefficient (Wildman–Crippen LogP) is 5.31. The molecule has 2 aromatic heterocycles. The summed E-state index contributed by atoms with van der Waals surface area (Å²) in [6, 6.07) is 17.8. The van der Waals surface area contributed by atoms with E-state index in [0.717, 1.165) is 28.8 Å². The van der Waals surface area contributed by atoms with E-state index in [0.29, 0.717) is 26.4 Å². The zero-order valence-electron chi connectivity index (χ0n) is 16.5. The van der Waals surface area contributed by atoms with Gasteiger partial charge in [-0.3, -0.25) is 18.3 Å². The first-order valence-electron chi connectivity index (χ1n) is 8.95. The predicted molar refractivity (Wildman–Crippen MR) is 130 cm³/mol. The number of aromatic amines is 2. The lowest BCUT2D eigenvalue weighted by Gasteiger charge is -2.04. The van der Waals surface area contributed by atoms with Gasteiger partial charge in [-0.15, -0.1) is 0 Å². The number of nitriles is 2. The Hall–Kier alpha value is -4.34. The number of anilines is 4. The molecule has 4 N–H and O–H groups in total. The molecule has 0 saturated heterocycles. The summed E-state index contributed by atoms with van der Waals surface area (Å²) in [4.78, 5) is 25.7. The van der Waals surface area contributed by atoms with Crippen molar-refractivity contribution in [3.8, 4) is 12.1 Å². The summed E-state index contributed by atoms with van der Waals surface area (Å²) in [7, 11) is 0. The van der Waals surface area contributed by atoms with Crippen LogP contribution in [0.2, 0.25) is 5.02 Å². The van der Waals surface area contributed by atoms with Gasteiger partial charge in [-0.25, -0.2) is 4.85 Å². The normalized spacial score (nSPS) is 9.52. The van der Waals surface area contributed by atoms with E-state index in [9.17, 15) is 9.59 Å². The maximum Gasteiger partial charge on any atom is 0.278 e. The molecule has 0 aliphatic carbocycles. The molecule has 162 valence electrons. The average Bonchev–Trinajstić information content (AvgIpc) is 3.35. The van der Waals surface area contributed by atoms with Crippen LogP contribution in [0.1, 0.15) is 11.1 Å². The Labute approximate surface area is 200 Å². The van der Waals surface area contributed by atoms with Gasteiger partial charge in [-0.05, 0) is 53.4 Å². The van der Waals surface area contributed by atoms with Crippen LogP contribution in [0.15, 0.2) is 58.1 Å². The Morgan fingerprint density at radius 3 is 1.94 bits per heavy atom. The SMILES string of the molecule is N#Cc1c(Nc2ccccc2)s[nH]c1=O.[C-]#[N+]c1cc(Cl)cc(Nc2s[nH]c(=O)c2C#N)c1. The molecule has 4 rings (SSSR count). The molecular weight excluding hydrogens is 482 g/mol. The minimum absolute atomic E-state index is 0.0179. The number of halogens is 1. The fraction of sp³-hybridized carbons (Fsp3) is 0. The number of para-hydroxylation sites is 1. The van der Waals surface area contributed by atoms with E-state index >= 15 is 0 Å². The van der Waals surface area contributed by atoms with Crippen LogP contribution in [0.4, 0.5) is 27.1 Å². The van der Waals surface area contributed by atoms with Crippen molar-refractivity contribution >= 4 is 61.7 Å². The topological polar surface area (TPSA) is 142 Å². The van der Waals surface area contributed by atoms with Crippen molar-refractivity contribution in [2.24, 2.45) is 0 Å². The molecule has 33 heavy (non-hydrogen) atoms. The van der Waals surface area contributed by atoms with Crippen LogP contribution in [0.25, 0.3) is 4.85 Å². The number of aromatic nitrogens is 2. The first kappa shape index (κ1) is 23.3. The van der Waals surface area contributed by atoms with Crippen LogP contribution in [0.3, 0.4) is 0 Å². The molecule has 0 radical (unpaired) electrons. The Morgan fingerprint density at radius 1 is 0.879 bits per heavy atom.